The average Bonchev–Trinajstić information content (AvgIpc) is 3.03. The molecule has 0 unspecified atom stereocenters. The summed E-state index contributed by atoms with van der Waals surface area (Å²) in [5.74, 6) is -0.484. The lowest BCUT2D eigenvalue weighted by atomic mass is 10.1. The van der Waals surface area contributed by atoms with Gasteiger partial charge in [-0.2, -0.15) is 0 Å². The Hall–Kier alpha value is -2.07. The second kappa shape index (κ2) is 7.01. The molecule has 0 N–H and O–H groups in total. The average molecular weight is 331 g/mol. The maximum atomic E-state index is 10.9. The minimum Gasteiger partial charge on any atom is -0.543 e. The number of benzene rings is 1. The zero-order valence-corrected chi connectivity index (χ0v) is 13.4. The van der Waals surface area contributed by atoms with E-state index in [0.29, 0.717) is 17.1 Å². The summed E-state index contributed by atoms with van der Waals surface area (Å²) in [6.45, 7) is 0. The Morgan fingerprint density at radius 2 is 2.04 bits per heavy atom. The third-order valence-electron chi connectivity index (χ3n) is 4.01. The predicted molar refractivity (Wildman–Crippen MR) is 85.7 cm³/mol. The Kier molecular flexibility index (Phi) is 4.82. The number of rotatable bonds is 5. The van der Waals surface area contributed by atoms with E-state index in [1.807, 2.05) is 12.1 Å². The molecule has 1 aromatic heterocycles. The number of halogens is 1. The Bertz CT molecular complexity index is 711. The molecule has 1 aliphatic carbocycles. The minimum atomic E-state index is -1.28. The van der Waals surface area contributed by atoms with E-state index >= 15 is 0 Å². The molecule has 5 heteroatoms. The molecule has 0 atom stereocenters. The number of aromatic carboxylic acids is 1. The first-order valence-electron chi connectivity index (χ1n) is 7.74. The number of aromatic nitrogens is 1. The number of carboxylic acids is 1. The first kappa shape index (κ1) is 15.8. The van der Waals surface area contributed by atoms with Crippen molar-refractivity contribution in [3.05, 3.63) is 58.4 Å². The Morgan fingerprint density at radius 1 is 1.26 bits per heavy atom. The summed E-state index contributed by atoms with van der Waals surface area (Å²) in [4.78, 5) is 15.0. The third kappa shape index (κ3) is 4.02. The Balaban J connectivity index is 1.84. The number of hydrogen-bond acceptors (Lipinski definition) is 4. The molecule has 1 aromatic carbocycles. The summed E-state index contributed by atoms with van der Waals surface area (Å²) in [6.07, 6.45) is 5.24. The molecule has 0 spiro atoms. The van der Waals surface area contributed by atoms with Crippen LogP contribution in [0.2, 0.25) is 5.02 Å². The van der Waals surface area contributed by atoms with Gasteiger partial charge in [0.2, 0.25) is 0 Å². The first-order valence-corrected chi connectivity index (χ1v) is 8.12. The lowest BCUT2D eigenvalue weighted by Gasteiger charge is -2.17. The Labute approximate surface area is 140 Å². The van der Waals surface area contributed by atoms with E-state index in [1.165, 1.54) is 18.9 Å². The molecule has 0 saturated heterocycles. The highest BCUT2D eigenvalue weighted by Gasteiger charge is 2.18. The molecule has 3 rings (SSSR count). The lowest BCUT2D eigenvalue weighted by molar-refractivity contribution is -0.255. The molecule has 23 heavy (non-hydrogen) atoms. The minimum absolute atomic E-state index is 0.0669. The van der Waals surface area contributed by atoms with Gasteiger partial charge in [0.05, 0.1) is 17.8 Å². The van der Waals surface area contributed by atoms with Gasteiger partial charge in [0.1, 0.15) is 5.75 Å². The third-order valence-corrected chi connectivity index (χ3v) is 4.24. The molecule has 120 valence electrons. The fraction of sp³-hybridized carbons (Fsp3) is 0.333. The van der Waals surface area contributed by atoms with Crippen LogP contribution in [0.3, 0.4) is 0 Å². The summed E-state index contributed by atoms with van der Waals surface area (Å²) in [5.41, 5.74) is 1.49. The topological polar surface area (TPSA) is 62.2 Å². The molecule has 1 heterocycles. The maximum Gasteiger partial charge on any atom is 0.123 e. The van der Waals surface area contributed by atoms with Crippen molar-refractivity contribution < 1.29 is 14.6 Å². The molecule has 1 aliphatic rings. The quantitative estimate of drug-likeness (QED) is 0.845. The van der Waals surface area contributed by atoms with Crippen LogP contribution in [0.5, 0.6) is 5.75 Å². The smallest absolute Gasteiger partial charge is 0.123 e. The van der Waals surface area contributed by atoms with Crippen molar-refractivity contribution in [2.75, 3.05) is 0 Å². The SMILES string of the molecule is O=C([O-])c1cccc(Cc2cc(Cl)ccc2OC2CCCC2)n1. The zero-order valence-electron chi connectivity index (χ0n) is 12.6. The largest absolute Gasteiger partial charge is 0.543 e. The van der Waals surface area contributed by atoms with Crippen molar-refractivity contribution in [2.24, 2.45) is 0 Å². The monoisotopic (exact) mass is 330 g/mol. The van der Waals surface area contributed by atoms with Crippen molar-refractivity contribution in [1.29, 1.82) is 0 Å². The summed E-state index contributed by atoms with van der Waals surface area (Å²) >= 11 is 6.10. The van der Waals surface area contributed by atoms with Gasteiger partial charge in [0.25, 0.3) is 0 Å². The standard InChI is InChI=1S/C18H18ClNO3/c19-13-8-9-17(23-15-5-1-2-6-15)12(10-13)11-14-4-3-7-16(20-14)18(21)22/h3-4,7-10,15H,1-2,5-6,11H2,(H,21,22)/p-1. The highest BCUT2D eigenvalue weighted by atomic mass is 35.5. The van der Waals surface area contributed by atoms with E-state index in [9.17, 15) is 9.90 Å². The number of pyridine rings is 1. The van der Waals surface area contributed by atoms with Gasteiger partial charge in [-0.05, 0) is 56.0 Å². The van der Waals surface area contributed by atoms with Crippen molar-refractivity contribution in [1.82, 2.24) is 4.98 Å². The van der Waals surface area contributed by atoms with E-state index in [2.05, 4.69) is 4.98 Å². The van der Waals surface area contributed by atoms with E-state index in [0.717, 1.165) is 24.2 Å². The van der Waals surface area contributed by atoms with Gasteiger partial charge in [-0.25, -0.2) is 0 Å². The van der Waals surface area contributed by atoms with Gasteiger partial charge in [-0.3, -0.25) is 4.98 Å². The van der Waals surface area contributed by atoms with Crippen LogP contribution in [0.15, 0.2) is 36.4 Å². The van der Waals surface area contributed by atoms with Crippen molar-refractivity contribution in [3.8, 4) is 5.75 Å². The lowest BCUT2D eigenvalue weighted by Crippen LogP contribution is -2.23. The van der Waals surface area contributed by atoms with Crippen LogP contribution in [-0.4, -0.2) is 17.1 Å². The molecule has 1 fully saturated rings. The first-order chi connectivity index (χ1) is 11.1. The van der Waals surface area contributed by atoms with Crippen LogP contribution >= 0.6 is 11.6 Å². The zero-order chi connectivity index (χ0) is 16.2. The van der Waals surface area contributed by atoms with Crippen LogP contribution in [0.4, 0.5) is 0 Å². The van der Waals surface area contributed by atoms with Crippen LogP contribution in [0.1, 0.15) is 47.4 Å². The number of carboxylic acid groups (broad SMARTS) is 1. The molecule has 0 bridgehead atoms. The van der Waals surface area contributed by atoms with Gasteiger partial charge >= 0.3 is 0 Å². The van der Waals surface area contributed by atoms with Crippen molar-refractivity contribution in [2.45, 2.75) is 38.2 Å². The van der Waals surface area contributed by atoms with Gasteiger partial charge < -0.3 is 14.6 Å². The van der Waals surface area contributed by atoms with Gasteiger partial charge in [-0.15, -0.1) is 0 Å². The molecule has 0 radical (unpaired) electrons. The van der Waals surface area contributed by atoms with Crippen LogP contribution < -0.4 is 9.84 Å². The summed E-state index contributed by atoms with van der Waals surface area (Å²) < 4.78 is 6.10. The van der Waals surface area contributed by atoms with Crippen LogP contribution in [-0.2, 0) is 6.42 Å². The number of ether oxygens (including phenoxy) is 1. The van der Waals surface area contributed by atoms with Gasteiger partial charge in [0, 0.05) is 22.7 Å². The number of nitrogens with zero attached hydrogens (tertiary/aromatic N) is 1. The molecule has 0 aliphatic heterocycles. The highest BCUT2D eigenvalue weighted by molar-refractivity contribution is 6.30. The number of carbonyl (C=O) groups is 1. The maximum absolute atomic E-state index is 10.9. The van der Waals surface area contributed by atoms with E-state index in [-0.39, 0.29) is 11.8 Å². The van der Waals surface area contributed by atoms with Crippen molar-refractivity contribution >= 4 is 17.6 Å². The highest BCUT2D eigenvalue weighted by Crippen LogP contribution is 2.29. The van der Waals surface area contributed by atoms with E-state index in [1.54, 1.807) is 18.2 Å². The number of hydrogen-bond donors (Lipinski definition) is 0. The summed E-state index contributed by atoms with van der Waals surface area (Å²) in [6, 6.07) is 10.4. The second-order valence-electron chi connectivity index (χ2n) is 5.75. The molecule has 1 saturated carbocycles. The van der Waals surface area contributed by atoms with Crippen LogP contribution in [0.25, 0.3) is 0 Å². The van der Waals surface area contributed by atoms with Gasteiger partial charge in [0.15, 0.2) is 0 Å². The van der Waals surface area contributed by atoms with Crippen molar-refractivity contribution in [3.63, 3.8) is 0 Å². The van der Waals surface area contributed by atoms with Crippen LogP contribution in [0, 0.1) is 0 Å². The Morgan fingerprint density at radius 3 is 2.78 bits per heavy atom. The van der Waals surface area contributed by atoms with Gasteiger partial charge in [-0.1, -0.05) is 17.7 Å². The second-order valence-corrected chi connectivity index (χ2v) is 6.19. The fourth-order valence-corrected chi connectivity index (χ4v) is 3.07. The predicted octanol–water partition coefficient (Wildman–Crippen LogP) is 3.01. The normalized spacial score (nSPS) is 14.8. The number of carbonyl (C=O) groups excluding carboxylic acids is 1. The molecule has 2 aromatic rings. The van der Waals surface area contributed by atoms with E-state index in [4.69, 9.17) is 16.3 Å². The fourth-order valence-electron chi connectivity index (χ4n) is 2.87. The summed E-state index contributed by atoms with van der Waals surface area (Å²) in [5, 5.41) is 11.6. The molecular weight excluding hydrogens is 314 g/mol. The van der Waals surface area contributed by atoms with E-state index < -0.39 is 5.97 Å². The molecular formula is C18H17ClNO3-. The summed E-state index contributed by atoms with van der Waals surface area (Å²) in [7, 11) is 0. The molecule has 0 amide bonds. The molecule has 4 nitrogen and oxygen atoms in total.